The average molecular weight is 847 g/mol. The van der Waals surface area contributed by atoms with Crippen LogP contribution in [0, 0.1) is 0 Å². The molecule has 5 nitrogen and oxygen atoms in total. The Kier molecular flexibility index (Phi) is 7.79. The van der Waals surface area contributed by atoms with E-state index in [0.29, 0.717) is 17.6 Å². The van der Waals surface area contributed by atoms with Crippen molar-refractivity contribution in [1.82, 2.24) is 19.5 Å². The fraction of sp³-hybridized carbons (Fsp3) is 0. The summed E-state index contributed by atoms with van der Waals surface area (Å²) in [5, 5.41) is 11.7. The van der Waals surface area contributed by atoms with E-state index in [0.717, 1.165) is 66.0 Å². The summed E-state index contributed by atoms with van der Waals surface area (Å²) in [5.41, 5.74) is 10.1. The Bertz CT molecular complexity index is 4260. The molecule has 0 spiro atoms. The number of furan rings is 1. The van der Waals surface area contributed by atoms with Crippen LogP contribution in [0.1, 0.15) is 0 Å². The first-order valence-corrected chi connectivity index (χ1v) is 22.7. The fourth-order valence-electron chi connectivity index (χ4n) is 10.1. The summed E-state index contributed by atoms with van der Waals surface area (Å²) in [5.74, 6) is 1.70. The van der Waals surface area contributed by atoms with Crippen LogP contribution in [0.25, 0.3) is 136 Å². The molecule has 65 heavy (non-hydrogen) atoms. The van der Waals surface area contributed by atoms with E-state index in [9.17, 15) is 0 Å². The molecule has 10 aromatic carbocycles. The largest absolute Gasteiger partial charge is 0.456 e. The highest BCUT2D eigenvalue weighted by Gasteiger charge is 2.23. The van der Waals surface area contributed by atoms with Gasteiger partial charge in [0.25, 0.3) is 0 Å². The molecule has 0 atom stereocenters. The molecule has 4 heterocycles. The first-order valence-electron chi connectivity index (χ1n) is 21.8. The zero-order chi connectivity index (χ0) is 42.6. The van der Waals surface area contributed by atoms with E-state index >= 15 is 0 Å². The van der Waals surface area contributed by atoms with Gasteiger partial charge in [-0.3, -0.25) is 4.57 Å². The summed E-state index contributed by atoms with van der Waals surface area (Å²) < 4.78 is 11.3. The minimum Gasteiger partial charge on any atom is -0.456 e. The van der Waals surface area contributed by atoms with E-state index in [2.05, 4.69) is 174 Å². The van der Waals surface area contributed by atoms with Crippen molar-refractivity contribution in [2.75, 3.05) is 0 Å². The normalized spacial score (nSPS) is 12.0. The molecular weight excluding hydrogens is 813 g/mol. The quantitative estimate of drug-likeness (QED) is 0.173. The smallest absolute Gasteiger partial charge is 0.238 e. The lowest BCUT2D eigenvalue weighted by Crippen LogP contribution is -2.07. The van der Waals surface area contributed by atoms with Crippen LogP contribution in [0.5, 0.6) is 0 Å². The molecule has 0 amide bonds. The standard InChI is InChI=1S/C59H34N4OS/c1-2-14-36(15-3-1)57-60-58(38-27-30-45-44-17-6-8-25-51(44)64-52(45)34-38)62-59(61-57)63-50-31-28-35-13-4-5-16-40(35)55(50)48-24-12-23-47(56(48)63)43-22-11-20-41-39(19-10-21-42(41)43)37-29-32-54-49(33-37)46-18-7-9-26-53(46)65-54/h1-34H. The summed E-state index contributed by atoms with van der Waals surface area (Å²) >= 11 is 1.85. The van der Waals surface area contributed by atoms with E-state index in [-0.39, 0.29) is 0 Å². The molecule has 0 aliphatic rings. The van der Waals surface area contributed by atoms with Crippen molar-refractivity contribution in [2.45, 2.75) is 0 Å². The second-order valence-corrected chi connectivity index (χ2v) is 17.8. The van der Waals surface area contributed by atoms with Crippen molar-refractivity contribution < 1.29 is 4.42 Å². The number of thiophene rings is 1. The molecule has 0 aliphatic heterocycles. The van der Waals surface area contributed by atoms with Crippen molar-refractivity contribution in [2.24, 2.45) is 0 Å². The molecule has 14 rings (SSSR count). The lowest BCUT2D eigenvalue weighted by molar-refractivity contribution is 0.669. The topological polar surface area (TPSA) is 56.7 Å². The zero-order valence-corrected chi connectivity index (χ0v) is 35.6. The molecule has 0 saturated carbocycles. The van der Waals surface area contributed by atoms with E-state index < -0.39 is 0 Å². The van der Waals surface area contributed by atoms with Crippen molar-refractivity contribution in [3.63, 3.8) is 0 Å². The number of aromatic nitrogens is 4. The van der Waals surface area contributed by atoms with E-state index in [1.165, 1.54) is 52.8 Å². The Morgan fingerprint density at radius 2 is 1.02 bits per heavy atom. The zero-order valence-electron chi connectivity index (χ0n) is 34.7. The minimum absolute atomic E-state index is 0.540. The second-order valence-electron chi connectivity index (χ2n) is 16.7. The molecule has 14 aromatic rings. The van der Waals surface area contributed by atoms with Crippen LogP contribution in [0.3, 0.4) is 0 Å². The monoisotopic (exact) mass is 846 g/mol. The maximum absolute atomic E-state index is 6.38. The highest BCUT2D eigenvalue weighted by atomic mass is 32.1. The Labute approximate surface area is 376 Å². The van der Waals surface area contributed by atoms with Gasteiger partial charge in [0, 0.05) is 58.4 Å². The van der Waals surface area contributed by atoms with Crippen LogP contribution in [0.15, 0.2) is 211 Å². The van der Waals surface area contributed by atoms with Crippen molar-refractivity contribution in [1.29, 1.82) is 0 Å². The first kappa shape index (κ1) is 36.1. The molecule has 302 valence electrons. The van der Waals surface area contributed by atoms with Crippen LogP contribution >= 0.6 is 11.3 Å². The Hall–Kier alpha value is -8.45. The molecule has 0 fully saturated rings. The van der Waals surface area contributed by atoms with Gasteiger partial charge >= 0.3 is 0 Å². The summed E-state index contributed by atoms with van der Waals surface area (Å²) in [6.45, 7) is 0. The highest BCUT2D eigenvalue weighted by Crippen LogP contribution is 2.45. The van der Waals surface area contributed by atoms with Crippen molar-refractivity contribution in [3.05, 3.63) is 206 Å². The minimum atomic E-state index is 0.540. The van der Waals surface area contributed by atoms with Gasteiger partial charge in [-0.1, -0.05) is 164 Å². The summed E-state index contributed by atoms with van der Waals surface area (Å²) in [4.78, 5) is 15.9. The van der Waals surface area contributed by atoms with Crippen LogP contribution < -0.4 is 0 Å². The Morgan fingerprint density at radius 1 is 0.369 bits per heavy atom. The number of hydrogen-bond donors (Lipinski definition) is 0. The van der Waals surface area contributed by atoms with Gasteiger partial charge in [-0.05, 0) is 80.7 Å². The predicted octanol–water partition coefficient (Wildman–Crippen LogP) is 16.2. The molecule has 0 aliphatic carbocycles. The van der Waals surface area contributed by atoms with Crippen LogP contribution in [0.4, 0.5) is 0 Å². The van der Waals surface area contributed by atoms with Gasteiger partial charge in [-0.25, -0.2) is 4.98 Å². The lowest BCUT2D eigenvalue weighted by Gasteiger charge is -2.15. The fourth-order valence-corrected chi connectivity index (χ4v) is 11.2. The van der Waals surface area contributed by atoms with Gasteiger partial charge in [-0.15, -0.1) is 11.3 Å². The Balaban J connectivity index is 1.04. The van der Waals surface area contributed by atoms with E-state index in [4.69, 9.17) is 19.4 Å². The maximum atomic E-state index is 6.38. The highest BCUT2D eigenvalue weighted by molar-refractivity contribution is 7.25. The van der Waals surface area contributed by atoms with Gasteiger partial charge in [0.2, 0.25) is 5.95 Å². The molecular formula is C59H34N4OS. The third-order valence-electron chi connectivity index (χ3n) is 13.1. The molecule has 6 heteroatoms. The lowest BCUT2D eigenvalue weighted by atomic mass is 9.91. The maximum Gasteiger partial charge on any atom is 0.238 e. The third-order valence-corrected chi connectivity index (χ3v) is 14.2. The first-order chi connectivity index (χ1) is 32.2. The van der Waals surface area contributed by atoms with E-state index in [1.807, 2.05) is 47.7 Å². The van der Waals surface area contributed by atoms with Gasteiger partial charge in [-0.2, -0.15) is 9.97 Å². The molecule has 0 unspecified atom stereocenters. The van der Waals surface area contributed by atoms with Gasteiger partial charge in [0.15, 0.2) is 11.6 Å². The van der Waals surface area contributed by atoms with Gasteiger partial charge in [0.1, 0.15) is 11.2 Å². The SMILES string of the molecule is c1ccc(-c2nc(-c3ccc4c(c3)oc3ccccc34)nc(-n3c4ccc5ccccc5c4c4cccc(-c5cccc6c(-c7ccc8sc9ccccc9c8c7)cccc56)c43)n2)cc1. The van der Waals surface area contributed by atoms with Crippen molar-refractivity contribution >= 4 is 96.8 Å². The van der Waals surface area contributed by atoms with Crippen LogP contribution in [-0.2, 0) is 0 Å². The van der Waals surface area contributed by atoms with Crippen LogP contribution in [-0.4, -0.2) is 19.5 Å². The van der Waals surface area contributed by atoms with E-state index in [1.54, 1.807) is 0 Å². The second kappa shape index (κ2) is 14.0. The Morgan fingerprint density at radius 3 is 1.89 bits per heavy atom. The predicted molar refractivity (Wildman–Crippen MR) is 271 cm³/mol. The third kappa shape index (κ3) is 5.54. The average Bonchev–Trinajstić information content (AvgIpc) is 4.05. The molecule has 4 aromatic heterocycles. The number of fused-ring (bicyclic) bond motifs is 12. The summed E-state index contributed by atoms with van der Waals surface area (Å²) in [6.07, 6.45) is 0. The molecule has 0 saturated heterocycles. The molecule has 0 N–H and O–H groups in total. The number of nitrogens with zero attached hydrogens (tertiary/aromatic N) is 4. The van der Waals surface area contributed by atoms with Gasteiger partial charge < -0.3 is 4.42 Å². The number of rotatable bonds is 5. The summed E-state index contributed by atoms with van der Waals surface area (Å²) in [6, 6.07) is 73.4. The number of para-hydroxylation sites is 2. The molecule has 0 radical (unpaired) electrons. The van der Waals surface area contributed by atoms with Gasteiger partial charge in [0.05, 0.1) is 11.0 Å². The van der Waals surface area contributed by atoms with Crippen LogP contribution in [0.2, 0.25) is 0 Å². The molecule has 0 bridgehead atoms. The van der Waals surface area contributed by atoms with Crippen molar-refractivity contribution in [3.8, 4) is 51.0 Å². The number of benzene rings is 10. The summed E-state index contributed by atoms with van der Waals surface area (Å²) in [7, 11) is 0. The number of hydrogen-bond acceptors (Lipinski definition) is 5.